The highest BCUT2D eigenvalue weighted by atomic mass is 32.2. The van der Waals surface area contributed by atoms with Crippen LogP contribution in [-0.4, -0.2) is 58.2 Å². The van der Waals surface area contributed by atoms with Crippen molar-refractivity contribution in [3.8, 4) is 0 Å². The lowest BCUT2D eigenvalue weighted by atomic mass is 9.90. The SMILES string of the molecule is CN=C(NCC(C)(C)CCS(C)(=O)=O)N(C)Cc1ccc(SC)cc1. The largest absolute Gasteiger partial charge is 0.356 e. The number of hydrogen-bond donors (Lipinski definition) is 1. The second kappa shape index (κ2) is 9.48. The van der Waals surface area contributed by atoms with Crippen molar-refractivity contribution in [2.75, 3.05) is 38.9 Å². The molecule has 0 saturated heterocycles. The monoisotopic (exact) mass is 385 g/mol. The van der Waals surface area contributed by atoms with E-state index in [0.29, 0.717) is 13.0 Å². The van der Waals surface area contributed by atoms with Crippen LogP contribution >= 0.6 is 11.8 Å². The summed E-state index contributed by atoms with van der Waals surface area (Å²) in [5.74, 6) is 1.01. The Kier molecular flexibility index (Phi) is 8.28. The van der Waals surface area contributed by atoms with Gasteiger partial charge in [-0.05, 0) is 35.8 Å². The van der Waals surface area contributed by atoms with E-state index in [0.717, 1.165) is 12.5 Å². The van der Waals surface area contributed by atoms with E-state index in [1.165, 1.54) is 16.7 Å². The van der Waals surface area contributed by atoms with Crippen LogP contribution in [0.4, 0.5) is 0 Å². The molecule has 1 N–H and O–H groups in total. The molecule has 0 spiro atoms. The summed E-state index contributed by atoms with van der Waals surface area (Å²) in [6, 6.07) is 8.51. The molecular weight excluding hydrogens is 354 g/mol. The Bertz CT molecular complexity index is 668. The van der Waals surface area contributed by atoms with Gasteiger partial charge in [0.1, 0.15) is 9.84 Å². The number of aliphatic imine (C=N–C) groups is 1. The fraction of sp³-hybridized carbons (Fsp3) is 0.611. The third-order valence-corrected chi connectivity index (χ3v) is 5.72. The summed E-state index contributed by atoms with van der Waals surface area (Å²) in [5.41, 5.74) is 1.10. The third kappa shape index (κ3) is 8.63. The molecule has 1 aromatic rings. The number of guanidine groups is 1. The molecule has 1 aromatic carbocycles. The molecule has 0 saturated carbocycles. The maximum atomic E-state index is 11.4. The summed E-state index contributed by atoms with van der Waals surface area (Å²) >= 11 is 1.73. The normalized spacial score (nSPS) is 13.0. The van der Waals surface area contributed by atoms with Crippen molar-refractivity contribution in [2.45, 2.75) is 31.7 Å². The Morgan fingerprint density at radius 1 is 1.28 bits per heavy atom. The fourth-order valence-corrected chi connectivity index (χ4v) is 3.66. The Morgan fingerprint density at radius 3 is 2.36 bits per heavy atom. The molecule has 0 aliphatic carbocycles. The van der Waals surface area contributed by atoms with E-state index in [1.807, 2.05) is 7.05 Å². The first-order chi connectivity index (χ1) is 11.6. The van der Waals surface area contributed by atoms with Gasteiger partial charge in [-0.2, -0.15) is 0 Å². The van der Waals surface area contributed by atoms with Gasteiger partial charge in [0.25, 0.3) is 0 Å². The molecule has 0 aromatic heterocycles. The molecule has 0 heterocycles. The lowest BCUT2D eigenvalue weighted by Crippen LogP contribution is -2.43. The first-order valence-corrected chi connectivity index (χ1v) is 11.6. The first kappa shape index (κ1) is 21.8. The topological polar surface area (TPSA) is 61.8 Å². The zero-order valence-electron chi connectivity index (χ0n) is 16.2. The molecule has 5 nitrogen and oxygen atoms in total. The van der Waals surface area contributed by atoms with Crippen LogP contribution in [0, 0.1) is 5.41 Å². The predicted molar refractivity (Wildman–Crippen MR) is 109 cm³/mol. The molecule has 0 unspecified atom stereocenters. The zero-order valence-corrected chi connectivity index (χ0v) is 17.8. The van der Waals surface area contributed by atoms with Crippen LogP contribution in [0.3, 0.4) is 0 Å². The van der Waals surface area contributed by atoms with E-state index in [2.05, 4.69) is 59.6 Å². The fourth-order valence-electron chi connectivity index (χ4n) is 2.33. The van der Waals surface area contributed by atoms with Crippen molar-refractivity contribution in [3.05, 3.63) is 29.8 Å². The Morgan fingerprint density at radius 2 is 1.88 bits per heavy atom. The van der Waals surface area contributed by atoms with Gasteiger partial charge in [-0.25, -0.2) is 8.42 Å². The quantitative estimate of drug-likeness (QED) is 0.423. The average Bonchev–Trinajstić information content (AvgIpc) is 2.54. The maximum Gasteiger partial charge on any atom is 0.193 e. The molecule has 0 aliphatic heterocycles. The van der Waals surface area contributed by atoms with E-state index < -0.39 is 9.84 Å². The predicted octanol–water partition coefficient (Wildman–Crippen LogP) is 2.88. The van der Waals surface area contributed by atoms with E-state index >= 15 is 0 Å². The van der Waals surface area contributed by atoms with Crippen LogP contribution in [0.1, 0.15) is 25.8 Å². The summed E-state index contributed by atoms with van der Waals surface area (Å²) < 4.78 is 22.8. The Balaban J connectivity index is 2.59. The standard InChI is InChI=1S/C18H31N3O2S2/c1-18(2,11-12-25(6,22)23)14-20-17(19-3)21(4)13-15-7-9-16(24-5)10-8-15/h7-10H,11-14H2,1-6H3,(H,19,20). The zero-order chi connectivity index (χ0) is 19.1. The minimum Gasteiger partial charge on any atom is -0.356 e. The maximum absolute atomic E-state index is 11.4. The smallest absolute Gasteiger partial charge is 0.193 e. The summed E-state index contributed by atoms with van der Waals surface area (Å²) in [6.45, 7) is 5.57. The number of nitrogens with one attached hydrogen (secondary N) is 1. The molecule has 0 fully saturated rings. The first-order valence-electron chi connectivity index (χ1n) is 8.29. The molecule has 25 heavy (non-hydrogen) atoms. The van der Waals surface area contributed by atoms with Gasteiger partial charge in [0.15, 0.2) is 5.96 Å². The molecular formula is C18H31N3O2S2. The lowest BCUT2D eigenvalue weighted by Gasteiger charge is -2.28. The van der Waals surface area contributed by atoms with Crippen molar-refractivity contribution in [2.24, 2.45) is 10.4 Å². The summed E-state index contributed by atoms with van der Waals surface area (Å²) in [7, 11) is 0.830. The van der Waals surface area contributed by atoms with Crippen LogP contribution in [-0.2, 0) is 16.4 Å². The van der Waals surface area contributed by atoms with Gasteiger partial charge in [-0.15, -0.1) is 11.8 Å². The molecule has 7 heteroatoms. The number of hydrogen-bond acceptors (Lipinski definition) is 4. The van der Waals surface area contributed by atoms with Crippen LogP contribution in [0.25, 0.3) is 0 Å². The number of benzene rings is 1. The van der Waals surface area contributed by atoms with Crippen molar-refractivity contribution in [1.82, 2.24) is 10.2 Å². The number of nitrogens with zero attached hydrogens (tertiary/aromatic N) is 2. The van der Waals surface area contributed by atoms with Crippen LogP contribution in [0.15, 0.2) is 34.2 Å². The summed E-state index contributed by atoms with van der Waals surface area (Å²) in [4.78, 5) is 7.66. The molecule has 142 valence electrons. The molecule has 0 bridgehead atoms. The van der Waals surface area contributed by atoms with Gasteiger partial charge in [0.05, 0.1) is 5.75 Å². The van der Waals surface area contributed by atoms with E-state index in [4.69, 9.17) is 0 Å². The minimum absolute atomic E-state index is 0.125. The second-order valence-corrected chi connectivity index (χ2v) is 10.3. The molecule has 0 atom stereocenters. The number of rotatable bonds is 8. The van der Waals surface area contributed by atoms with Crippen LogP contribution in [0.5, 0.6) is 0 Å². The van der Waals surface area contributed by atoms with Gasteiger partial charge in [0, 0.05) is 38.3 Å². The van der Waals surface area contributed by atoms with Crippen molar-refractivity contribution < 1.29 is 8.42 Å². The summed E-state index contributed by atoms with van der Waals surface area (Å²) in [5, 5.41) is 3.37. The van der Waals surface area contributed by atoms with Crippen molar-refractivity contribution in [1.29, 1.82) is 0 Å². The third-order valence-electron chi connectivity index (χ3n) is 4.03. The van der Waals surface area contributed by atoms with Crippen LogP contribution in [0.2, 0.25) is 0 Å². The average molecular weight is 386 g/mol. The molecule has 0 amide bonds. The van der Waals surface area contributed by atoms with E-state index in [1.54, 1.807) is 18.8 Å². The highest BCUT2D eigenvalue weighted by Gasteiger charge is 2.21. The van der Waals surface area contributed by atoms with Gasteiger partial charge in [0.2, 0.25) is 0 Å². The van der Waals surface area contributed by atoms with E-state index in [9.17, 15) is 8.42 Å². The van der Waals surface area contributed by atoms with E-state index in [-0.39, 0.29) is 11.2 Å². The van der Waals surface area contributed by atoms with Gasteiger partial charge in [-0.3, -0.25) is 4.99 Å². The van der Waals surface area contributed by atoms with Crippen molar-refractivity contribution in [3.63, 3.8) is 0 Å². The van der Waals surface area contributed by atoms with Gasteiger partial charge >= 0.3 is 0 Å². The summed E-state index contributed by atoms with van der Waals surface area (Å²) in [6.07, 6.45) is 3.97. The number of sulfone groups is 1. The molecule has 0 aliphatic rings. The Labute approximate surface area is 157 Å². The molecule has 0 radical (unpaired) electrons. The number of thioether (sulfide) groups is 1. The highest BCUT2D eigenvalue weighted by molar-refractivity contribution is 7.98. The van der Waals surface area contributed by atoms with Crippen molar-refractivity contribution >= 4 is 27.6 Å². The van der Waals surface area contributed by atoms with Gasteiger partial charge in [-0.1, -0.05) is 26.0 Å². The van der Waals surface area contributed by atoms with Gasteiger partial charge < -0.3 is 10.2 Å². The highest BCUT2D eigenvalue weighted by Crippen LogP contribution is 2.20. The molecule has 1 rings (SSSR count). The Hall–Kier alpha value is -1.21. The second-order valence-electron chi connectivity index (χ2n) is 7.15. The minimum atomic E-state index is -2.93. The van der Waals surface area contributed by atoms with Crippen LogP contribution < -0.4 is 5.32 Å². The lowest BCUT2D eigenvalue weighted by molar-refractivity contribution is 0.340.